The van der Waals surface area contributed by atoms with Gasteiger partial charge in [-0.3, -0.25) is 4.79 Å². The maximum absolute atomic E-state index is 13.4. The molecule has 1 N–H and O–H groups in total. The second kappa shape index (κ2) is 7.26. The largest absolute Gasteiger partial charge is 0.416 e. The number of ketones is 1. The summed E-state index contributed by atoms with van der Waals surface area (Å²) in [6, 6.07) is 16.8. The molecule has 3 aromatic rings. The number of nitrogens with one attached hydrogen (secondary N) is 1. The highest BCUT2D eigenvalue weighted by molar-refractivity contribution is 8.04. The molecule has 6 heteroatoms. The summed E-state index contributed by atoms with van der Waals surface area (Å²) in [6.07, 6.45) is -4.46. The summed E-state index contributed by atoms with van der Waals surface area (Å²) < 4.78 is 39.5. The van der Waals surface area contributed by atoms with Crippen LogP contribution in [0.4, 0.5) is 13.2 Å². The summed E-state index contributed by atoms with van der Waals surface area (Å²) in [5.74, 6) is -0.182. The molecule has 1 aliphatic heterocycles. The minimum absolute atomic E-state index is 0.182. The third-order valence-electron chi connectivity index (χ3n) is 5.10. The number of thioether (sulfide) groups is 1. The lowest BCUT2D eigenvalue weighted by Crippen LogP contribution is -2.10. The average Bonchev–Trinajstić information content (AvgIpc) is 3.03. The van der Waals surface area contributed by atoms with Gasteiger partial charge < -0.3 is 5.32 Å². The molecular weight excluding hydrogens is 395 g/mol. The Labute approximate surface area is 170 Å². The maximum Gasteiger partial charge on any atom is 0.416 e. The molecule has 2 nitrogen and oxygen atoms in total. The minimum atomic E-state index is -4.46. The second-order valence-corrected chi connectivity index (χ2v) is 8.03. The Bertz CT molecular complexity index is 1150. The first-order chi connectivity index (χ1) is 13.8. The second-order valence-electron chi connectivity index (χ2n) is 6.91. The van der Waals surface area contributed by atoms with Crippen LogP contribution < -0.4 is 5.32 Å². The summed E-state index contributed by atoms with van der Waals surface area (Å²) >= 11 is 1.35. The van der Waals surface area contributed by atoms with Gasteiger partial charge in [-0.2, -0.15) is 13.2 Å². The quantitative estimate of drug-likeness (QED) is 0.562. The highest BCUT2D eigenvalue weighted by Crippen LogP contribution is 2.50. The number of hydrogen-bond donors (Lipinski definition) is 1. The number of Topliss-reactive ketones (excluding diaryl/α,β-unsaturated/α-hetero) is 1. The summed E-state index contributed by atoms with van der Waals surface area (Å²) in [4.78, 5) is 13.4. The van der Waals surface area contributed by atoms with Gasteiger partial charge in [-0.05, 0) is 46.5 Å². The molecule has 0 radical (unpaired) electrons. The normalized spacial score (nSPS) is 17.3. The fraction of sp³-hybridized carbons (Fsp3) is 0.174. The molecule has 148 valence electrons. The number of benzene rings is 3. The van der Waals surface area contributed by atoms with E-state index in [9.17, 15) is 18.0 Å². The molecular formula is C23H18F3NOS. The van der Waals surface area contributed by atoms with Crippen LogP contribution in [0.5, 0.6) is 0 Å². The van der Waals surface area contributed by atoms with Crippen molar-refractivity contribution >= 4 is 33.9 Å². The first kappa shape index (κ1) is 19.6. The molecule has 3 aromatic carbocycles. The van der Waals surface area contributed by atoms with Crippen molar-refractivity contribution in [3.8, 4) is 0 Å². The fourth-order valence-corrected chi connectivity index (χ4v) is 5.07. The Hall–Kier alpha value is -2.73. The van der Waals surface area contributed by atoms with Crippen molar-refractivity contribution in [2.45, 2.75) is 18.3 Å². The van der Waals surface area contributed by atoms with E-state index >= 15 is 0 Å². The van der Waals surface area contributed by atoms with Crippen molar-refractivity contribution in [3.63, 3.8) is 0 Å². The molecule has 4 rings (SSSR count). The molecule has 0 aromatic heterocycles. The number of hydrogen-bond acceptors (Lipinski definition) is 3. The molecule has 0 aliphatic carbocycles. The third-order valence-corrected chi connectivity index (χ3v) is 6.43. The Kier molecular flexibility index (Phi) is 4.90. The molecule has 0 saturated heterocycles. The van der Waals surface area contributed by atoms with Crippen LogP contribution in [0.3, 0.4) is 0 Å². The topological polar surface area (TPSA) is 29.1 Å². The van der Waals surface area contributed by atoms with Crippen LogP contribution in [-0.2, 0) is 11.0 Å². The number of rotatable bonds is 3. The standard InChI is InChI=1S/C23H18F3NOS/c1-13-10-11-14-6-3-4-9-17(14)18(13)21-20(28)19(22(27-2)29-21)15-7-5-8-16(12-15)23(24,25)26/h3-12,21,27H,1-2H3. The van der Waals surface area contributed by atoms with E-state index in [0.29, 0.717) is 10.6 Å². The van der Waals surface area contributed by atoms with Gasteiger partial charge in [-0.15, -0.1) is 0 Å². The van der Waals surface area contributed by atoms with Gasteiger partial charge in [0.05, 0.1) is 16.2 Å². The van der Waals surface area contributed by atoms with E-state index in [1.807, 2.05) is 43.3 Å². The highest BCUT2D eigenvalue weighted by atomic mass is 32.2. The minimum Gasteiger partial charge on any atom is -0.382 e. The smallest absolute Gasteiger partial charge is 0.382 e. The van der Waals surface area contributed by atoms with Gasteiger partial charge in [-0.25, -0.2) is 0 Å². The first-order valence-electron chi connectivity index (χ1n) is 9.10. The Morgan fingerprint density at radius 1 is 1.00 bits per heavy atom. The maximum atomic E-state index is 13.4. The third kappa shape index (κ3) is 3.42. The molecule has 1 atom stereocenters. The molecule has 1 aliphatic rings. The number of carbonyl (C=O) groups is 1. The van der Waals surface area contributed by atoms with Crippen molar-refractivity contribution < 1.29 is 18.0 Å². The monoisotopic (exact) mass is 413 g/mol. The van der Waals surface area contributed by atoms with E-state index in [1.165, 1.54) is 17.8 Å². The Morgan fingerprint density at radius 2 is 1.76 bits per heavy atom. The molecule has 0 saturated carbocycles. The van der Waals surface area contributed by atoms with Gasteiger partial charge in [0.15, 0.2) is 5.78 Å². The van der Waals surface area contributed by atoms with Gasteiger partial charge >= 0.3 is 6.18 Å². The van der Waals surface area contributed by atoms with Crippen LogP contribution in [0, 0.1) is 6.92 Å². The van der Waals surface area contributed by atoms with E-state index in [0.717, 1.165) is 34.0 Å². The van der Waals surface area contributed by atoms with E-state index in [2.05, 4.69) is 5.32 Å². The fourth-order valence-electron chi connectivity index (χ4n) is 3.72. The van der Waals surface area contributed by atoms with E-state index in [-0.39, 0.29) is 11.3 Å². The molecule has 29 heavy (non-hydrogen) atoms. The number of allylic oxidation sites excluding steroid dienone is 1. The van der Waals surface area contributed by atoms with E-state index in [4.69, 9.17) is 0 Å². The molecule has 1 unspecified atom stereocenters. The summed E-state index contributed by atoms with van der Waals surface area (Å²) in [7, 11) is 1.68. The van der Waals surface area contributed by atoms with Crippen LogP contribution in [0.25, 0.3) is 16.3 Å². The lowest BCUT2D eigenvalue weighted by atomic mass is 9.91. The Morgan fingerprint density at radius 3 is 2.48 bits per heavy atom. The highest BCUT2D eigenvalue weighted by Gasteiger charge is 2.38. The molecule has 0 bridgehead atoms. The van der Waals surface area contributed by atoms with Crippen LogP contribution >= 0.6 is 11.8 Å². The molecule has 0 spiro atoms. The number of alkyl halides is 3. The predicted molar refractivity (Wildman–Crippen MR) is 111 cm³/mol. The summed E-state index contributed by atoms with van der Waals surface area (Å²) in [5, 5.41) is 5.11. The number of aryl methyl sites for hydroxylation is 1. The van der Waals surface area contributed by atoms with E-state index in [1.54, 1.807) is 13.1 Å². The summed E-state index contributed by atoms with van der Waals surface area (Å²) in [6.45, 7) is 1.96. The lowest BCUT2D eigenvalue weighted by molar-refractivity contribution is -0.137. The summed E-state index contributed by atoms with van der Waals surface area (Å²) in [5.41, 5.74) is 1.71. The molecule has 1 heterocycles. The average molecular weight is 413 g/mol. The van der Waals surface area contributed by atoms with Gasteiger partial charge in [0.1, 0.15) is 5.25 Å². The van der Waals surface area contributed by atoms with Crippen LogP contribution in [0.15, 0.2) is 65.7 Å². The van der Waals surface area contributed by atoms with E-state index < -0.39 is 17.0 Å². The lowest BCUT2D eigenvalue weighted by Gasteiger charge is -2.16. The van der Waals surface area contributed by atoms with Gasteiger partial charge in [0.2, 0.25) is 0 Å². The molecule has 0 fully saturated rings. The van der Waals surface area contributed by atoms with Gasteiger partial charge in [0, 0.05) is 7.05 Å². The first-order valence-corrected chi connectivity index (χ1v) is 9.98. The van der Waals surface area contributed by atoms with Gasteiger partial charge in [-0.1, -0.05) is 60.3 Å². The van der Waals surface area contributed by atoms with Gasteiger partial charge in [0.25, 0.3) is 0 Å². The predicted octanol–water partition coefficient (Wildman–Crippen LogP) is 6.11. The number of fused-ring (bicyclic) bond motifs is 1. The van der Waals surface area contributed by atoms with Crippen molar-refractivity contribution in [2.75, 3.05) is 7.05 Å². The zero-order valence-corrected chi connectivity index (χ0v) is 16.6. The zero-order valence-electron chi connectivity index (χ0n) is 15.8. The number of halogens is 3. The van der Waals surface area contributed by atoms with Crippen LogP contribution in [0.2, 0.25) is 0 Å². The zero-order chi connectivity index (χ0) is 20.8. The van der Waals surface area contributed by atoms with Crippen LogP contribution in [-0.4, -0.2) is 12.8 Å². The van der Waals surface area contributed by atoms with Crippen molar-refractivity contribution in [2.24, 2.45) is 0 Å². The van der Waals surface area contributed by atoms with Crippen LogP contribution in [0.1, 0.15) is 27.5 Å². The van der Waals surface area contributed by atoms with Crippen molar-refractivity contribution in [1.82, 2.24) is 5.32 Å². The Balaban J connectivity index is 1.83. The SMILES string of the molecule is CNC1=C(c2cccc(C(F)(F)F)c2)C(=O)C(c2c(C)ccc3ccccc23)S1. The van der Waals surface area contributed by atoms with Crippen molar-refractivity contribution in [1.29, 1.82) is 0 Å². The molecule has 0 amide bonds. The van der Waals surface area contributed by atoms with Crippen molar-refractivity contribution in [3.05, 3.63) is 87.9 Å². The number of carbonyl (C=O) groups excluding carboxylic acids is 1.